The molecule has 4 nitrogen and oxygen atoms in total. The van der Waals surface area contributed by atoms with E-state index in [0.717, 1.165) is 32.2 Å². The normalized spacial score (nSPS) is 11.2. The highest BCUT2D eigenvalue weighted by Crippen LogP contribution is 2.33. The Balaban J connectivity index is 1.91. The van der Waals surface area contributed by atoms with Gasteiger partial charge < -0.3 is 9.73 Å². The molecule has 0 aliphatic carbocycles. The maximum Gasteiger partial charge on any atom is 0.196 e. The Morgan fingerprint density at radius 3 is 2.82 bits per heavy atom. The van der Waals surface area contributed by atoms with E-state index in [2.05, 4.69) is 44.2 Å². The highest BCUT2D eigenvalue weighted by atomic mass is 79.9. The molecule has 0 bridgehead atoms. The number of anilines is 2. The van der Waals surface area contributed by atoms with Crippen LogP contribution in [-0.4, -0.2) is 9.97 Å². The van der Waals surface area contributed by atoms with Gasteiger partial charge in [0.2, 0.25) is 0 Å². The zero-order valence-electron chi connectivity index (χ0n) is 11.8. The summed E-state index contributed by atoms with van der Waals surface area (Å²) in [5, 5.41) is 4.31. The number of hydrogen-bond donors (Lipinski definition) is 1. The lowest BCUT2D eigenvalue weighted by Gasteiger charge is -2.08. The largest absolute Gasteiger partial charge is 0.450 e. The number of fused-ring (bicyclic) bond motifs is 3. The van der Waals surface area contributed by atoms with Gasteiger partial charge in [-0.1, -0.05) is 34.1 Å². The highest BCUT2D eigenvalue weighted by Gasteiger charge is 2.14. The molecule has 0 atom stereocenters. The maximum atomic E-state index is 5.94. The predicted octanol–water partition coefficient (Wildman–Crippen LogP) is 5.19. The molecule has 0 aliphatic rings. The van der Waals surface area contributed by atoms with Crippen LogP contribution < -0.4 is 5.32 Å². The molecule has 0 unspecified atom stereocenters. The van der Waals surface area contributed by atoms with Gasteiger partial charge in [-0.05, 0) is 36.8 Å². The minimum atomic E-state index is 0.666. The van der Waals surface area contributed by atoms with Crippen LogP contribution in [0.3, 0.4) is 0 Å². The van der Waals surface area contributed by atoms with Crippen molar-refractivity contribution in [1.29, 1.82) is 0 Å². The second-order valence-corrected chi connectivity index (χ2v) is 6.00. The van der Waals surface area contributed by atoms with Crippen molar-refractivity contribution in [2.75, 3.05) is 5.32 Å². The molecule has 2 heterocycles. The van der Waals surface area contributed by atoms with Crippen molar-refractivity contribution in [2.45, 2.75) is 6.92 Å². The van der Waals surface area contributed by atoms with E-state index in [-0.39, 0.29) is 0 Å². The lowest BCUT2D eigenvalue weighted by molar-refractivity contribution is 0.667. The molecule has 2 aromatic heterocycles. The Bertz CT molecular complexity index is 994. The quantitative estimate of drug-likeness (QED) is 0.538. The molecule has 0 saturated heterocycles. The molecule has 0 fully saturated rings. The third-order valence-electron chi connectivity index (χ3n) is 3.61. The number of nitrogens with zero attached hydrogens (tertiary/aromatic N) is 2. The fourth-order valence-corrected chi connectivity index (χ4v) is 2.84. The molecule has 4 aromatic rings. The van der Waals surface area contributed by atoms with E-state index >= 15 is 0 Å². The number of hydrogen-bond acceptors (Lipinski definition) is 4. The van der Waals surface area contributed by atoms with Crippen molar-refractivity contribution in [3.63, 3.8) is 0 Å². The van der Waals surface area contributed by atoms with Gasteiger partial charge >= 0.3 is 0 Å². The van der Waals surface area contributed by atoms with Gasteiger partial charge in [0.25, 0.3) is 0 Å². The molecule has 1 N–H and O–H groups in total. The summed E-state index contributed by atoms with van der Waals surface area (Å²) >= 11 is 3.48. The minimum absolute atomic E-state index is 0.666. The topological polar surface area (TPSA) is 51.0 Å². The standard InChI is InChI=1S/C17H12BrN3O/c1-10-4-2-3-5-13(10)21-17-16-15(19-9-20-17)12-8-11(18)6-7-14(12)22-16/h2-9H,1H3,(H,19,20,21). The summed E-state index contributed by atoms with van der Waals surface area (Å²) < 4.78 is 6.94. The summed E-state index contributed by atoms with van der Waals surface area (Å²) in [6, 6.07) is 14.0. The first kappa shape index (κ1) is 13.3. The number of aromatic nitrogens is 2. The molecule has 0 saturated carbocycles. The lowest BCUT2D eigenvalue weighted by atomic mass is 10.2. The maximum absolute atomic E-state index is 5.94. The Labute approximate surface area is 135 Å². The summed E-state index contributed by atoms with van der Waals surface area (Å²) in [5.74, 6) is 0.673. The highest BCUT2D eigenvalue weighted by molar-refractivity contribution is 9.10. The van der Waals surface area contributed by atoms with Crippen molar-refractivity contribution in [2.24, 2.45) is 0 Å². The number of furan rings is 1. The molecule has 4 rings (SSSR count). The van der Waals surface area contributed by atoms with Crippen LogP contribution in [0.1, 0.15) is 5.56 Å². The van der Waals surface area contributed by atoms with E-state index in [9.17, 15) is 0 Å². The number of nitrogens with one attached hydrogen (secondary N) is 1. The summed E-state index contributed by atoms with van der Waals surface area (Å²) in [4.78, 5) is 8.70. The van der Waals surface area contributed by atoms with E-state index in [1.807, 2.05) is 36.4 Å². The molecule has 0 spiro atoms. The van der Waals surface area contributed by atoms with E-state index in [1.54, 1.807) is 6.33 Å². The molecule has 0 aliphatic heterocycles. The van der Waals surface area contributed by atoms with Crippen molar-refractivity contribution < 1.29 is 4.42 Å². The summed E-state index contributed by atoms with van der Waals surface area (Å²) in [6.45, 7) is 2.05. The summed E-state index contributed by atoms with van der Waals surface area (Å²) in [6.07, 6.45) is 1.55. The lowest BCUT2D eigenvalue weighted by Crippen LogP contribution is -1.96. The van der Waals surface area contributed by atoms with Crippen LogP contribution in [0.2, 0.25) is 0 Å². The number of benzene rings is 2. The predicted molar refractivity (Wildman–Crippen MR) is 91.5 cm³/mol. The van der Waals surface area contributed by atoms with E-state index in [0.29, 0.717) is 11.4 Å². The monoisotopic (exact) mass is 353 g/mol. The Kier molecular flexibility index (Phi) is 3.08. The fraction of sp³-hybridized carbons (Fsp3) is 0.0588. The number of rotatable bonds is 2. The first-order valence-electron chi connectivity index (χ1n) is 6.88. The van der Waals surface area contributed by atoms with Gasteiger partial charge in [-0.3, -0.25) is 0 Å². The first-order chi connectivity index (χ1) is 10.7. The Hall–Kier alpha value is -2.40. The second kappa shape index (κ2) is 5.10. The fourth-order valence-electron chi connectivity index (χ4n) is 2.48. The van der Waals surface area contributed by atoms with Crippen LogP contribution in [0.4, 0.5) is 11.5 Å². The average Bonchev–Trinajstić information content (AvgIpc) is 2.89. The first-order valence-corrected chi connectivity index (χ1v) is 7.67. The molecule has 0 amide bonds. The Morgan fingerprint density at radius 1 is 1.09 bits per heavy atom. The zero-order valence-corrected chi connectivity index (χ0v) is 13.4. The van der Waals surface area contributed by atoms with Crippen LogP contribution in [0.5, 0.6) is 0 Å². The van der Waals surface area contributed by atoms with Crippen molar-refractivity contribution in [1.82, 2.24) is 9.97 Å². The van der Waals surface area contributed by atoms with Gasteiger partial charge in [0, 0.05) is 15.5 Å². The number of aryl methyl sites for hydroxylation is 1. The summed E-state index contributed by atoms with van der Waals surface area (Å²) in [7, 11) is 0. The van der Waals surface area contributed by atoms with Gasteiger partial charge in [-0.25, -0.2) is 9.97 Å². The number of para-hydroxylation sites is 1. The van der Waals surface area contributed by atoms with Crippen molar-refractivity contribution in [3.05, 3.63) is 58.8 Å². The van der Waals surface area contributed by atoms with Crippen LogP contribution in [0.25, 0.3) is 22.1 Å². The molecular formula is C17H12BrN3O. The van der Waals surface area contributed by atoms with Gasteiger partial charge in [0.1, 0.15) is 17.4 Å². The third kappa shape index (κ3) is 2.14. The van der Waals surface area contributed by atoms with Crippen LogP contribution in [-0.2, 0) is 0 Å². The van der Waals surface area contributed by atoms with Crippen LogP contribution in [0.15, 0.2) is 57.7 Å². The number of halogens is 1. The molecule has 108 valence electrons. The van der Waals surface area contributed by atoms with Crippen molar-refractivity contribution >= 4 is 49.5 Å². The molecule has 2 aromatic carbocycles. The molecule has 22 heavy (non-hydrogen) atoms. The van der Waals surface area contributed by atoms with E-state index < -0.39 is 0 Å². The molecule has 0 radical (unpaired) electrons. The SMILES string of the molecule is Cc1ccccc1Nc1ncnc2c1oc1ccc(Br)cc12. The zero-order chi connectivity index (χ0) is 15.1. The van der Waals surface area contributed by atoms with E-state index in [1.165, 1.54) is 0 Å². The van der Waals surface area contributed by atoms with Crippen LogP contribution >= 0.6 is 15.9 Å². The Morgan fingerprint density at radius 2 is 1.95 bits per heavy atom. The van der Waals surface area contributed by atoms with Gasteiger partial charge in [-0.2, -0.15) is 0 Å². The third-order valence-corrected chi connectivity index (χ3v) is 4.10. The van der Waals surface area contributed by atoms with E-state index in [4.69, 9.17) is 4.42 Å². The average molecular weight is 354 g/mol. The van der Waals surface area contributed by atoms with Crippen LogP contribution in [0, 0.1) is 6.92 Å². The van der Waals surface area contributed by atoms with Gasteiger partial charge in [-0.15, -0.1) is 0 Å². The van der Waals surface area contributed by atoms with Crippen molar-refractivity contribution in [3.8, 4) is 0 Å². The summed E-state index contributed by atoms with van der Waals surface area (Å²) in [5.41, 5.74) is 4.42. The molecule has 5 heteroatoms. The smallest absolute Gasteiger partial charge is 0.196 e. The van der Waals surface area contributed by atoms with Gasteiger partial charge in [0.05, 0.1) is 0 Å². The van der Waals surface area contributed by atoms with Gasteiger partial charge in [0.15, 0.2) is 11.4 Å². The second-order valence-electron chi connectivity index (χ2n) is 5.08. The minimum Gasteiger partial charge on any atom is -0.450 e. The molecular weight excluding hydrogens is 342 g/mol.